The molecule has 0 radical (unpaired) electrons. The predicted molar refractivity (Wildman–Crippen MR) is 88.9 cm³/mol. The van der Waals surface area contributed by atoms with Gasteiger partial charge < -0.3 is 10.4 Å². The van der Waals surface area contributed by atoms with E-state index in [4.69, 9.17) is 0 Å². The molecule has 1 aliphatic heterocycles. The zero-order valence-corrected chi connectivity index (χ0v) is 13.8. The molecule has 0 bridgehead atoms. The van der Waals surface area contributed by atoms with Crippen LogP contribution in [0.15, 0.2) is 12.1 Å². The normalized spacial score (nSPS) is 17.9. The SMILES string of the molecule is CCCCC[C@H](c1c(C)cc(O)cc1C)N1CCNCC1. The molecule has 1 fully saturated rings. The van der Waals surface area contributed by atoms with E-state index in [9.17, 15) is 5.11 Å². The number of phenolic OH excluding ortho intramolecular Hbond substituents is 1. The lowest BCUT2D eigenvalue weighted by Crippen LogP contribution is -2.45. The molecule has 1 saturated heterocycles. The van der Waals surface area contributed by atoms with Crippen molar-refractivity contribution in [2.24, 2.45) is 0 Å². The van der Waals surface area contributed by atoms with Gasteiger partial charge in [0.1, 0.15) is 5.75 Å². The van der Waals surface area contributed by atoms with Gasteiger partial charge in [-0.2, -0.15) is 0 Å². The van der Waals surface area contributed by atoms with Crippen LogP contribution in [0, 0.1) is 13.8 Å². The van der Waals surface area contributed by atoms with E-state index in [1.807, 2.05) is 12.1 Å². The maximum atomic E-state index is 9.80. The summed E-state index contributed by atoms with van der Waals surface area (Å²) in [6.45, 7) is 10.9. The molecule has 118 valence electrons. The van der Waals surface area contributed by atoms with Crippen LogP contribution in [0.4, 0.5) is 0 Å². The molecule has 0 unspecified atom stereocenters. The number of rotatable bonds is 6. The molecular weight excluding hydrogens is 260 g/mol. The molecule has 0 saturated carbocycles. The summed E-state index contributed by atoms with van der Waals surface area (Å²) in [7, 11) is 0. The van der Waals surface area contributed by atoms with Crippen molar-refractivity contribution in [3.05, 3.63) is 28.8 Å². The van der Waals surface area contributed by atoms with Crippen molar-refractivity contribution in [3.8, 4) is 5.75 Å². The van der Waals surface area contributed by atoms with Crippen LogP contribution in [0.5, 0.6) is 5.75 Å². The molecule has 1 aromatic carbocycles. The predicted octanol–water partition coefficient (Wildman–Crippen LogP) is 3.54. The molecule has 0 amide bonds. The Bertz CT molecular complexity index is 430. The molecular formula is C18H30N2O. The van der Waals surface area contributed by atoms with E-state index in [1.165, 1.54) is 42.4 Å². The summed E-state index contributed by atoms with van der Waals surface area (Å²) in [5.41, 5.74) is 3.89. The third-order valence-electron chi connectivity index (χ3n) is 4.59. The lowest BCUT2D eigenvalue weighted by Gasteiger charge is -2.37. The smallest absolute Gasteiger partial charge is 0.116 e. The second-order valence-electron chi connectivity index (χ2n) is 6.29. The number of nitrogens with one attached hydrogen (secondary N) is 1. The number of nitrogens with zero attached hydrogens (tertiary/aromatic N) is 1. The third-order valence-corrected chi connectivity index (χ3v) is 4.59. The lowest BCUT2D eigenvalue weighted by atomic mass is 9.90. The van der Waals surface area contributed by atoms with Crippen LogP contribution in [0.25, 0.3) is 0 Å². The number of aromatic hydroxyl groups is 1. The van der Waals surface area contributed by atoms with Gasteiger partial charge in [-0.25, -0.2) is 0 Å². The van der Waals surface area contributed by atoms with Gasteiger partial charge in [0.15, 0.2) is 0 Å². The van der Waals surface area contributed by atoms with E-state index in [0.717, 1.165) is 26.2 Å². The molecule has 2 N–H and O–H groups in total. The summed E-state index contributed by atoms with van der Waals surface area (Å²) in [6, 6.07) is 4.33. The van der Waals surface area contributed by atoms with Crippen molar-refractivity contribution < 1.29 is 5.11 Å². The van der Waals surface area contributed by atoms with E-state index in [0.29, 0.717) is 11.8 Å². The maximum absolute atomic E-state index is 9.80. The Labute approximate surface area is 129 Å². The van der Waals surface area contributed by atoms with Crippen molar-refractivity contribution in [1.29, 1.82) is 0 Å². The standard InChI is InChI=1S/C18H30N2O/c1-4-5-6-7-17(20-10-8-19-9-11-20)18-14(2)12-16(21)13-15(18)3/h12-13,17,19,21H,4-11H2,1-3H3/t17-/m1/s1. The van der Waals surface area contributed by atoms with Crippen molar-refractivity contribution in [3.63, 3.8) is 0 Å². The van der Waals surface area contributed by atoms with Crippen LogP contribution in [-0.4, -0.2) is 36.2 Å². The van der Waals surface area contributed by atoms with E-state index in [1.54, 1.807) is 0 Å². The second kappa shape index (κ2) is 7.81. The number of hydrogen-bond donors (Lipinski definition) is 2. The molecule has 21 heavy (non-hydrogen) atoms. The van der Waals surface area contributed by atoms with Crippen LogP contribution in [0.3, 0.4) is 0 Å². The summed E-state index contributed by atoms with van der Waals surface area (Å²) in [6.07, 6.45) is 5.08. The van der Waals surface area contributed by atoms with E-state index < -0.39 is 0 Å². The molecule has 1 atom stereocenters. The van der Waals surface area contributed by atoms with Gasteiger partial charge in [-0.1, -0.05) is 26.2 Å². The Hall–Kier alpha value is -1.06. The van der Waals surface area contributed by atoms with Crippen LogP contribution < -0.4 is 5.32 Å². The molecule has 0 spiro atoms. The van der Waals surface area contributed by atoms with Gasteiger partial charge in [0, 0.05) is 32.2 Å². The minimum absolute atomic E-state index is 0.390. The topological polar surface area (TPSA) is 35.5 Å². The molecule has 0 aliphatic carbocycles. The van der Waals surface area contributed by atoms with Gasteiger partial charge in [0.25, 0.3) is 0 Å². The third kappa shape index (κ3) is 4.21. The highest BCUT2D eigenvalue weighted by Crippen LogP contribution is 2.33. The first-order valence-electron chi connectivity index (χ1n) is 8.38. The summed E-state index contributed by atoms with van der Waals surface area (Å²) in [5, 5.41) is 13.2. The highest BCUT2D eigenvalue weighted by atomic mass is 16.3. The van der Waals surface area contributed by atoms with Crippen LogP contribution in [-0.2, 0) is 0 Å². The fourth-order valence-corrected chi connectivity index (χ4v) is 3.57. The van der Waals surface area contributed by atoms with Gasteiger partial charge in [-0.05, 0) is 49.1 Å². The zero-order valence-electron chi connectivity index (χ0n) is 13.8. The van der Waals surface area contributed by atoms with Gasteiger partial charge in [0.05, 0.1) is 0 Å². The number of hydrogen-bond acceptors (Lipinski definition) is 3. The van der Waals surface area contributed by atoms with Gasteiger partial charge in [-0.15, -0.1) is 0 Å². The Kier molecular flexibility index (Phi) is 6.07. The van der Waals surface area contributed by atoms with Gasteiger partial charge in [-0.3, -0.25) is 4.90 Å². The average Bonchev–Trinajstić information content (AvgIpc) is 2.45. The Morgan fingerprint density at radius 2 is 1.76 bits per heavy atom. The molecule has 2 rings (SSSR count). The first-order valence-corrected chi connectivity index (χ1v) is 8.38. The monoisotopic (exact) mass is 290 g/mol. The molecule has 0 aromatic heterocycles. The quantitative estimate of drug-likeness (QED) is 0.787. The Morgan fingerprint density at radius 3 is 2.33 bits per heavy atom. The van der Waals surface area contributed by atoms with E-state index in [2.05, 4.69) is 31.0 Å². The average molecular weight is 290 g/mol. The van der Waals surface area contributed by atoms with Gasteiger partial charge in [0.2, 0.25) is 0 Å². The van der Waals surface area contributed by atoms with Crippen molar-refractivity contribution in [2.75, 3.05) is 26.2 Å². The minimum Gasteiger partial charge on any atom is -0.508 e. The van der Waals surface area contributed by atoms with Gasteiger partial charge >= 0.3 is 0 Å². The lowest BCUT2D eigenvalue weighted by molar-refractivity contribution is 0.161. The largest absolute Gasteiger partial charge is 0.508 e. The first kappa shape index (κ1) is 16.3. The Balaban J connectivity index is 2.25. The van der Waals surface area contributed by atoms with Crippen LogP contribution >= 0.6 is 0 Å². The highest BCUT2D eigenvalue weighted by Gasteiger charge is 2.24. The summed E-state index contributed by atoms with van der Waals surface area (Å²) in [4.78, 5) is 2.62. The van der Waals surface area contributed by atoms with E-state index in [-0.39, 0.29) is 0 Å². The van der Waals surface area contributed by atoms with Crippen molar-refractivity contribution in [1.82, 2.24) is 10.2 Å². The number of phenols is 1. The highest BCUT2D eigenvalue weighted by molar-refractivity contribution is 5.42. The summed E-state index contributed by atoms with van der Waals surface area (Å²) < 4.78 is 0. The molecule has 1 heterocycles. The Morgan fingerprint density at radius 1 is 1.14 bits per heavy atom. The molecule has 1 aromatic rings. The number of benzene rings is 1. The van der Waals surface area contributed by atoms with Crippen molar-refractivity contribution >= 4 is 0 Å². The van der Waals surface area contributed by atoms with Crippen molar-refractivity contribution in [2.45, 2.75) is 52.5 Å². The molecule has 3 heteroatoms. The van der Waals surface area contributed by atoms with Crippen LogP contribution in [0.1, 0.15) is 55.3 Å². The minimum atomic E-state index is 0.390. The summed E-state index contributed by atoms with van der Waals surface area (Å²) in [5.74, 6) is 0.390. The van der Waals surface area contributed by atoms with E-state index >= 15 is 0 Å². The van der Waals surface area contributed by atoms with Crippen LogP contribution in [0.2, 0.25) is 0 Å². The fourth-order valence-electron chi connectivity index (χ4n) is 3.57. The second-order valence-corrected chi connectivity index (χ2v) is 6.29. The zero-order chi connectivity index (χ0) is 15.2. The fraction of sp³-hybridized carbons (Fsp3) is 0.667. The maximum Gasteiger partial charge on any atom is 0.116 e. The summed E-state index contributed by atoms with van der Waals surface area (Å²) >= 11 is 0. The number of piperazine rings is 1. The molecule has 1 aliphatic rings. The molecule has 3 nitrogen and oxygen atoms in total. The first-order chi connectivity index (χ1) is 10.1. The number of aryl methyl sites for hydroxylation is 2. The number of unbranched alkanes of at least 4 members (excludes halogenated alkanes) is 2.